The van der Waals surface area contributed by atoms with E-state index in [1.807, 2.05) is 5.32 Å². The lowest BCUT2D eigenvalue weighted by Crippen LogP contribution is -2.50. The van der Waals surface area contributed by atoms with Crippen molar-refractivity contribution < 1.29 is 84.2 Å². The number of carbonyl (C=O) groups is 2. The molecule has 340 valence electrons. The fourth-order valence-corrected chi connectivity index (χ4v) is 5.73. The Hall–Kier alpha value is -6.59. The van der Waals surface area contributed by atoms with Gasteiger partial charge in [0.25, 0.3) is 11.8 Å². The fraction of sp³-hybridized carbons (Fsp3) is 0.282. The number of nitrogens with zero attached hydrogens (tertiary/aromatic N) is 2. The molecule has 0 fully saturated rings. The molecule has 0 saturated carbocycles. The Bertz CT molecular complexity index is 2260. The number of anilines is 3. The van der Waals surface area contributed by atoms with Crippen LogP contribution in [0.2, 0.25) is 0 Å². The van der Waals surface area contributed by atoms with Crippen LogP contribution in [-0.4, -0.2) is 36.5 Å². The van der Waals surface area contributed by atoms with Gasteiger partial charge < -0.3 is 16.4 Å². The van der Waals surface area contributed by atoms with Crippen LogP contribution in [0.1, 0.15) is 72.7 Å². The number of carbonyl (C=O) groups excluding carboxylic acids is 2. The number of nitrogen functional groups attached to an aromatic ring is 1. The first kappa shape index (κ1) is 52.5. The van der Waals surface area contributed by atoms with Crippen molar-refractivity contribution in [3.05, 3.63) is 122 Å². The lowest BCUT2D eigenvalue weighted by Gasteiger charge is -2.31. The molecule has 4 N–H and O–H groups in total. The average molecular weight is 922 g/mol. The van der Waals surface area contributed by atoms with Gasteiger partial charge in [-0.25, -0.2) is 22.0 Å². The maximum absolute atomic E-state index is 14.3. The summed E-state index contributed by atoms with van der Waals surface area (Å²) in [6.07, 6.45) is -25.2. The summed E-state index contributed by atoms with van der Waals surface area (Å²) in [6, 6.07) is 7.60. The van der Waals surface area contributed by atoms with Gasteiger partial charge in [-0.15, -0.1) is 0 Å². The Kier molecular flexibility index (Phi) is 15.0. The van der Waals surface area contributed by atoms with Crippen LogP contribution in [0.15, 0.2) is 48.5 Å². The van der Waals surface area contributed by atoms with Crippen LogP contribution in [0.4, 0.5) is 91.7 Å². The smallest absolute Gasteiger partial charge is 0.395 e. The van der Waals surface area contributed by atoms with E-state index < -0.39 is 110 Å². The predicted molar refractivity (Wildman–Crippen MR) is 191 cm³/mol. The molecule has 0 bridgehead atoms. The van der Waals surface area contributed by atoms with E-state index in [2.05, 4.69) is 5.32 Å². The van der Waals surface area contributed by atoms with Crippen LogP contribution in [0.5, 0.6) is 0 Å². The number of hydrogen-bond acceptors (Lipinski definition) is 5. The molecule has 4 aromatic rings. The van der Waals surface area contributed by atoms with Crippen molar-refractivity contribution in [1.82, 2.24) is 0 Å². The standard InChI is InChI=1S/C19H11F9N2O.C19H13F8N3O.CH4/c1-8-5-11(17(22,18(23,24)25)19(26,27)28)6-9(2)15(8)30-16(31)12-4-3-10(7-29)13(20)14(12)21;1-8-5-11(17(21,18(22,23)24)19(25,26)27)6-9(2)15(8)30-16(31)12-4-3-10(7-28)14(29)13(12)20;/h3-6H,1-2H3,(H,30,31);3-6H,29H2,1-2H3,(H,30,31);1H4. The molecule has 4 aromatic carbocycles. The molecule has 0 saturated heterocycles. The number of nitrogens with two attached hydrogens (primary N) is 1. The van der Waals surface area contributed by atoms with E-state index in [1.165, 1.54) is 6.07 Å². The van der Waals surface area contributed by atoms with Gasteiger partial charge in [0.1, 0.15) is 12.1 Å². The van der Waals surface area contributed by atoms with Crippen LogP contribution >= 0.6 is 0 Å². The number of halogens is 17. The molecule has 4 rings (SSSR count). The first-order valence-electron chi connectivity index (χ1n) is 16.5. The van der Waals surface area contributed by atoms with E-state index >= 15 is 0 Å². The number of hydrogen-bond donors (Lipinski definition) is 3. The molecule has 7 nitrogen and oxygen atoms in total. The van der Waals surface area contributed by atoms with Gasteiger partial charge in [-0.05, 0) is 74.2 Å². The Labute approximate surface area is 344 Å². The van der Waals surface area contributed by atoms with E-state index in [-0.39, 0.29) is 47.6 Å². The number of aryl methyl sites for hydroxylation is 4. The van der Waals surface area contributed by atoms with Crippen molar-refractivity contribution in [2.75, 3.05) is 16.4 Å². The molecule has 0 aliphatic heterocycles. The van der Waals surface area contributed by atoms with E-state index in [1.54, 1.807) is 6.07 Å². The third-order valence-electron chi connectivity index (χ3n) is 8.89. The van der Waals surface area contributed by atoms with E-state index in [9.17, 15) is 84.2 Å². The summed E-state index contributed by atoms with van der Waals surface area (Å²) < 4.78 is 226. The van der Waals surface area contributed by atoms with Crippen LogP contribution in [0.3, 0.4) is 0 Å². The fourth-order valence-electron chi connectivity index (χ4n) is 5.73. The number of benzene rings is 4. The number of alkyl halides is 14. The summed E-state index contributed by atoms with van der Waals surface area (Å²) in [6.45, 7) is 4.08. The minimum atomic E-state index is -6.32. The zero-order valence-electron chi connectivity index (χ0n) is 31.3. The molecular formula is C39H28F17N5O2. The molecule has 0 aliphatic rings. The highest BCUT2D eigenvalue weighted by molar-refractivity contribution is 6.06. The maximum Gasteiger partial charge on any atom is 0.435 e. The Morgan fingerprint density at radius 1 is 0.508 bits per heavy atom. The van der Waals surface area contributed by atoms with Crippen molar-refractivity contribution in [2.24, 2.45) is 0 Å². The molecule has 63 heavy (non-hydrogen) atoms. The molecule has 0 unspecified atom stereocenters. The molecule has 0 atom stereocenters. The van der Waals surface area contributed by atoms with E-state index in [4.69, 9.17) is 16.3 Å². The zero-order chi connectivity index (χ0) is 47.9. The molecular weight excluding hydrogens is 893 g/mol. The van der Waals surface area contributed by atoms with Gasteiger partial charge in [0.2, 0.25) is 0 Å². The molecule has 0 radical (unpaired) electrons. The zero-order valence-corrected chi connectivity index (χ0v) is 31.3. The topological polar surface area (TPSA) is 132 Å². The Morgan fingerprint density at radius 2 is 0.794 bits per heavy atom. The van der Waals surface area contributed by atoms with Crippen molar-refractivity contribution in [3.63, 3.8) is 0 Å². The average Bonchev–Trinajstić information content (AvgIpc) is 3.14. The quantitative estimate of drug-likeness (QED) is 0.131. The minimum absolute atomic E-state index is 0. The monoisotopic (exact) mass is 921 g/mol. The number of rotatable bonds is 6. The van der Waals surface area contributed by atoms with Gasteiger partial charge in [0.05, 0.1) is 27.9 Å². The first-order chi connectivity index (χ1) is 28.1. The summed E-state index contributed by atoms with van der Waals surface area (Å²) in [5.41, 5.74) is -14.4. The van der Waals surface area contributed by atoms with Gasteiger partial charge in [0.15, 0.2) is 17.5 Å². The second-order valence-electron chi connectivity index (χ2n) is 13.1. The Morgan fingerprint density at radius 3 is 1.08 bits per heavy atom. The number of amides is 2. The minimum Gasteiger partial charge on any atom is -0.395 e. The van der Waals surface area contributed by atoms with Crippen molar-refractivity contribution >= 4 is 28.9 Å². The second-order valence-corrected chi connectivity index (χ2v) is 13.1. The molecule has 0 spiro atoms. The summed E-state index contributed by atoms with van der Waals surface area (Å²) in [5.74, 6) is -6.96. The molecule has 0 heterocycles. The molecule has 24 heteroatoms. The third-order valence-corrected chi connectivity index (χ3v) is 8.89. The van der Waals surface area contributed by atoms with Gasteiger partial charge in [-0.1, -0.05) is 31.7 Å². The van der Waals surface area contributed by atoms with Crippen LogP contribution in [0.25, 0.3) is 0 Å². The maximum atomic E-state index is 14.3. The van der Waals surface area contributed by atoms with Crippen LogP contribution in [0, 0.1) is 67.8 Å². The van der Waals surface area contributed by atoms with Crippen molar-refractivity contribution in [1.29, 1.82) is 10.5 Å². The van der Waals surface area contributed by atoms with Crippen LogP contribution in [-0.2, 0) is 11.3 Å². The van der Waals surface area contributed by atoms with Gasteiger partial charge in [-0.3, -0.25) is 9.59 Å². The highest BCUT2D eigenvalue weighted by Gasteiger charge is 2.74. The third kappa shape index (κ3) is 9.74. The summed E-state index contributed by atoms with van der Waals surface area (Å²) >= 11 is 0. The van der Waals surface area contributed by atoms with Gasteiger partial charge >= 0.3 is 36.0 Å². The second kappa shape index (κ2) is 18.0. The summed E-state index contributed by atoms with van der Waals surface area (Å²) in [4.78, 5) is 24.6. The predicted octanol–water partition coefficient (Wildman–Crippen LogP) is 12.1. The molecule has 2 amide bonds. The summed E-state index contributed by atoms with van der Waals surface area (Å²) in [7, 11) is 0. The Balaban J connectivity index is 0.000000427. The van der Waals surface area contributed by atoms with E-state index in [0.29, 0.717) is 12.1 Å². The van der Waals surface area contributed by atoms with Gasteiger partial charge in [-0.2, -0.15) is 63.2 Å². The normalized spacial score (nSPS) is 12.2. The highest BCUT2D eigenvalue weighted by Crippen LogP contribution is 2.55. The van der Waals surface area contributed by atoms with Crippen molar-refractivity contribution in [2.45, 2.75) is 71.2 Å². The molecule has 0 aromatic heterocycles. The number of nitriles is 2. The largest absolute Gasteiger partial charge is 0.435 e. The lowest BCUT2D eigenvalue weighted by atomic mass is 9.90. The SMILES string of the molecule is C.Cc1cc(C(F)(C(F)(F)F)C(F)(F)F)cc(C)c1NC(=O)c1ccc(C#N)c(F)c1F.Cc1cc(C(F)(C(F)(F)F)C(F)(F)F)cc(C)c1NC(=O)c1ccc(C#N)c(N)c1F. The van der Waals surface area contributed by atoms with Gasteiger partial charge in [0, 0.05) is 22.5 Å². The van der Waals surface area contributed by atoms with E-state index in [0.717, 1.165) is 52.0 Å². The lowest BCUT2D eigenvalue weighted by molar-refractivity contribution is -0.349. The molecule has 0 aliphatic carbocycles. The number of nitrogens with one attached hydrogen (secondary N) is 2. The van der Waals surface area contributed by atoms with Crippen molar-refractivity contribution in [3.8, 4) is 12.1 Å². The first-order valence-corrected chi connectivity index (χ1v) is 16.5. The summed E-state index contributed by atoms with van der Waals surface area (Å²) in [5, 5.41) is 21.6. The van der Waals surface area contributed by atoms with Crippen LogP contribution < -0.4 is 16.4 Å². The highest BCUT2D eigenvalue weighted by atomic mass is 19.4.